The summed E-state index contributed by atoms with van der Waals surface area (Å²) in [5.41, 5.74) is 2.58. The largest absolute Gasteiger partial charge is 0.370 e. The van der Waals surface area contributed by atoms with Crippen LogP contribution in [0.25, 0.3) is 10.8 Å². The van der Waals surface area contributed by atoms with Crippen LogP contribution in [0.5, 0.6) is 0 Å². The summed E-state index contributed by atoms with van der Waals surface area (Å²) in [6.45, 7) is 9.75. The third kappa shape index (κ3) is 5.03. The van der Waals surface area contributed by atoms with Gasteiger partial charge in [0.05, 0.1) is 6.54 Å². The van der Waals surface area contributed by atoms with Crippen LogP contribution in [-0.4, -0.2) is 59.3 Å². The summed E-state index contributed by atoms with van der Waals surface area (Å²) in [4.78, 5) is 18.2. The molecule has 0 bridgehead atoms. The lowest BCUT2D eigenvalue weighted by Gasteiger charge is -2.41. The smallest absolute Gasteiger partial charge is 0.227 e. The van der Waals surface area contributed by atoms with Gasteiger partial charge in [-0.3, -0.25) is 0 Å². The van der Waals surface area contributed by atoms with E-state index in [-0.39, 0.29) is 5.92 Å². The SMILES string of the molecule is CSCC1CN(c2ccc(C(C)C)c3cc(Nc4ccnc(N5CCC(C)C(F)C5)n4)ncc23)C1. The first-order chi connectivity index (χ1) is 16.9. The topological polar surface area (TPSA) is 57.2 Å². The summed E-state index contributed by atoms with van der Waals surface area (Å²) >= 11 is 1.93. The van der Waals surface area contributed by atoms with Crippen LogP contribution in [0.4, 0.5) is 27.7 Å². The van der Waals surface area contributed by atoms with Crippen molar-refractivity contribution in [1.82, 2.24) is 15.0 Å². The van der Waals surface area contributed by atoms with Gasteiger partial charge in [-0.05, 0) is 59.4 Å². The zero-order valence-electron chi connectivity index (χ0n) is 21.0. The van der Waals surface area contributed by atoms with E-state index in [1.165, 1.54) is 27.8 Å². The molecule has 3 aromatic rings. The molecule has 4 heterocycles. The van der Waals surface area contributed by atoms with Crippen LogP contribution in [0.15, 0.2) is 36.7 Å². The third-order valence-corrected chi connectivity index (χ3v) is 8.09. The number of anilines is 4. The minimum absolute atomic E-state index is 0.0853. The Bertz CT molecular complexity index is 1180. The number of fused-ring (bicyclic) bond motifs is 1. The number of alkyl halides is 1. The molecule has 2 unspecified atom stereocenters. The maximum absolute atomic E-state index is 14.3. The Morgan fingerprint density at radius 2 is 1.91 bits per heavy atom. The van der Waals surface area contributed by atoms with E-state index in [1.807, 2.05) is 35.8 Å². The first-order valence-corrected chi connectivity index (χ1v) is 14.0. The van der Waals surface area contributed by atoms with Crippen LogP contribution in [0.1, 0.15) is 38.7 Å². The monoisotopic (exact) mass is 494 g/mol. The Labute approximate surface area is 211 Å². The van der Waals surface area contributed by atoms with Crippen molar-refractivity contribution in [3.8, 4) is 0 Å². The molecule has 2 aromatic heterocycles. The molecule has 1 aromatic carbocycles. The van der Waals surface area contributed by atoms with E-state index in [9.17, 15) is 4.39 Å². The Morgan fingerprint density at radius 3 is 2.66 bits per heavy atom. The van der Waals surface area contributed by atoms with Crippen molar-refractivity contribution in [2.75, 3.05) is 53.3 Å². The van der Waals surface area contributed by atoms with Gasteiger partial charge in [0, 0.05) is 49.0 Å². The minimum atomic E-state index is -0.850. The molecule has 6 nitrogen and oxygen atoms in total. The first-order valence-electron chi connectivity index (χ1n) is 12.6. The Hall–Kier alpha value is -2.61. The second-order valence-corrected chi connectivity index (χ2v) is 11.2. The van der Waals surface area contributed by atoms with E-state index < -0.39 is 6.17 Å². The molecule has 2 fully saturated rings. The van der Waals surface area contributed by atoms with Gasteiger partial charge in [-0.2, -0.15) is 16.7 Å². The second-order valence-electron chi connectivity index (χ2n) is 10.3. The number of rotatable bonds is 7. The van der Waals surface area contributed by atoms with E-state index in [1.54, 1.807) is 6.20 Å². The van der Waals surface area contributed by atoms with Gasteiger partial charge in [0.2, 0.25) is 5.95 Å². The molecule has 0 aliphatic carbocycles. The fourth-order valence-electron chi connectivity index (χ4n) is 5.11. The summed E-state index contributed by atoms with van der Waals surface area (Å²) in [5, 5.41) is 5.79. The zero-order valence-corrected chi connectivity index (χ0v) is 21.9. The lowest BCUT2D eigenvalue weighted by Crippen LogP contribution is -2.48. The quantitative estimate of drug-likeness (QED) is 0.440. The van der Waals surface area contributed by atoms with Gasteiger partial charge in [0.25, 0.3) is 0 Å². The van der Waals surface area contributed by atoms with Crippen LogP contribution in [0, 0.1) is 11.8 Å². The third-order valence-electron chi connectivity index (χ3n) is 7.28. The number of nitrogens with one attached hydrogen (secondary N) is 1. The number of benzene rings is 1. The van der Waals surface area contributed by atoms with Gasteiger partial charge >= 0.3 is 0 Å². The molecule has 186 valence electrons. The van der Waals surface area contributed by atoms with E-state index in [4.69, 9.17) is 4.98 Å². The van der Waals surface area contributed by atoms with Crippen molar-refractivity contribution >= 4 is 45.8 Å². The summed E-state index contributed by atoms with van der Waals surface area (Å²) in [6, 6.07) is 8.49. The van der Waals surface area contributed by atoms with Crippen LogP contribution in [0.3, 0.4) is 0 Å². The molecule has 0 spiro atoms. The second kappa shape index (κ2) is 10.2. The number of thioether (sulfide) groups is 1. The fraction of sp³-hybridized carbons (Fsp3) is 0.519. The van der Waals surface area contributed by atoms with Gasteiger partial charge in [-0.1, -0.05) is 26.8 Å². The van der Waals surface area contributed by atoms with Gasteiger partial charge in [0.1, 0.15) is 17.8 Å². The molecular weight excluding hydrogens is 459 g/mol. The average Bonchev–Trinajstić information content (AvgIpc) is 2.82. The maximum Gasteiger partial charge on any atom is 0.227 e. The van der Waals surface area contributed by atoms with Crippen molar-refractivity contribution in [3.05, 3.63) is 42.2 Å². The van der Waals surface area contributed by atoms with Crippen LogP contribution < -0.4 is 15.1 Å². The standard InChI is InChI=1S/C27H35FN6S/c1-17(2)20-5-6-24(34-13-19(14-34)16-35-4)22-12-30-26(11-21(20)22)31-25-7-9-29-27(32-25)33-10-8-18(3)23(28)15-33/h5-7,9,11-12,17-19,23H,8,10,13-16H2,1-4H3,(H,29,30,31,32). The van der Waals surface area contributed by atoms with Crippen molar-refractivity contribution in [2.45, 2.75) is 39.3 Å². The molecule has 8 heteroatoms. The molecule has 35 heavy (non-hydrogen) atoms. The van der Waals surface area contributed by atoms with E-state index >= 15 is 0 Å². The van der Waals surface area contributed by atoms with Gasteiger partial charge in [0.15, 0.2) is 0 Å². The predicted molar refractivity (Wildman–Crippen MR) is 146 cm³/mol. The number of hydrogen-bond donors (Lipinski definition) is 1. The molecular formula is C27H35FN6S. The summed E-state index contributed by atoms with van der Waals surface area (Å²) < 4.78 is 14.3. The molecule has 2 aliphatic rings. The highest BCUT2D eigenvalue weighted by Crippen LogP contribution is 2.37. The molecule has 0 amide bonds. The Balaban J connectivity index is 1.40. The summed E-state index contributed by atoms with van der Waals surface area (Å²) in [5.74, 6) is 4.45. The molecule has 1 N–H and O–H groups in total. The number of piperidine rings is 1. The van der Waals surface area contributed by atoms with Crippen LogP contribution >= 0.6 is 11.8 Å². The van der Waals surface area contributed by atoms with Crippen molar-refractivity contribution in [2.24, 2.45) is 11.8 Å². The van der Waals surface area contributed by atoms with E-state index in [2.05, 4.69) is 58.5 Å². The molecule has 5 rings (SSSR count). The number of aromatic nitrogens is 3. The number of pyridine rings is 1. The lowest BCUT2D eigenvalue weighted by molar-refractivity contribution is 0.210. The van der Waals surface area contributed by atoms with E-state index in [0.29, 0.717) is 24.2 Å². The maximum atomic E-state index is 14.3. The molecule has 2 saturated heterocycles. The zero-order chi connectivity index (χ0) is 24.5. The lowest BCUT2D eigenvalue weighted by atomic mass is 9.93. The van der Waals surface area contributed by atoms with Crippen molar-refractivity contribution < 1.29 is 4.39 Å². The van der Waals surface area contributed by atoms with Crippen LogP contribution in [0.2, 0.25) is 0 Å². The Kier molecular flexibility index (Phi) is 7.00. The van der Waals surface area contributed by atoms with Crippen molar-refractivity contribution in [3.63, 3.8) is 0 Å². The molecule has 2 aliphatic heterocycles. The molecule has 0 saturated carbocycles. The Morgan fingerprint density at radius 1 is 1.09 bits per heavy atom. The van der Waals surface area contributed by atoms with Gasteiger partial charge in [-0.15, -0.1) is 0 Å². The minimum Gasteiger partial charge on any atom is -0.370 e. The molecule has 0 radical (unpaired) electrons. The summed E-state index contributed by atoms with van der Waals surface area (Å²) in [7, 11) is 0. The number of hydrogen-bond acceptors (Lipinski definition) is 7. The highest BCUT2D eigenvalue weighted by Gasteiger charge is 2.29. The van der Waals surface area contributed by atoms with E-state index in [0.717, 1.165) is 37.8 Å². The average molecular weight is 495 g/mol. The first kappa shape index (κ1) is 24.1. The van der Waals surface area contributed by atoms with Gasteiger partial charge in [-0.25, -0.2) is 14.4 Å². The van der Waals surface area contributed by atoms with Crippen LogP contribution in [-0.2, 0) is 0 Å². The summed E-state index contributed by atoms with van der Waals surface area (Å²) in [6.07, 6.45) is 5.85. The number of nitrogens with zero attached hydrogens (tertiary/aromatic N) is 5. The molecule has 2 atom stereocenters. The fourth-order valence-corrected chi connectivity index (χ4v) is 5.79. The normalized spacial score (nSPS) is 21.0. The highest BCUT2D eigenvalue weighted by atomic mass is 32.2. The number of halogens is 1. The van der Waals surface area contributed by atoms with Gasteiger partial charge < -0.3 is 15.1 Å². The predicted octanol–water partition coefficient (Wildman–Crippen LogP) is 5.88. The van der Waals surface area contributed by atoms with Crippen molar-refractivity contribution in [1.29, 1.82) is 0 Å². The highest BCUT2D eigenvalue weighted by molar-refractivity contribution is 7.98.